The van der Waals surface area contributed by atoms with Crippen molar-refractivity contribution in [2.24, 2.45) is 0 Å². The average Bonchev–Trinajstić information content (AvgIpc) is 3.28. The number of carbonyl (C=O) groups is 3. The first kappa shape index (κ1) is 29.3. The van der Waals surface area contributed by atoms with E-state index in [2.05, 4.69) is 5.32 Å². The van der Waals surface area contributed by atoms with Gasteiger partial charge in [0.05, 0.1) is 5.69 Å². The number of hydrogen-bond donors (Lipinski definition) is 1. The number of rotatable bonds is 12. The van der Waals surface area contributed by atoms with Crippen LogP contribution in [0.15, 0.2) is 91.0 Å². The SMILES string of the molecule is CC[C@H](C)NC(=O)[C@H](Cc1ccccc1)N(Cc1ccc(Cl)cc1)C(=O)CCCN1C(=O)c2cccc3cccc1c23. The molecule has 4 aromatic carbocycles. The highest BCUT2D eigenvalue weighted by atomic mass is 35.5. The maximum absolute atomic E-state index is 14.0. The lowest BCUT2D eigenvalue weighted by atomic mass is 10.0. The van der Waals surface area contributed by atoms with Gasteiger partial charge in [0.15, 0.2) is 0 Å². The number of hydrogen-bond acceptors (Lipinski definition) is 3. The van der Waals surface area contributed by atoms with Crippen molar-refractivity contribution in [2.45, 2.75) is 58.2 Å². The number of nitrogens with zero attached hydrogens (tertiary/aromatic N) is 2. The van der Waals surface area contributed by atoms with Gasteiger partial charge in [0, 0.05) is 47.9 Å². The Balaban J connectivity index is 1.37. The molecule has 0 aliphatic carbocycles. The first-order chi connectivity index (χ1) is 20.4. The summed E-state index contributed by atoms with van der Waals surface area (Å²) < 4.78 is 0. The van der Waals surface area contributed by atoms with Crippen LogP contribution < -0.4 is 10.2 Å². The largest absolute Gasteiger partial charge is 0.352 e. The lowest BCUT2D eigenvalue weighted by Crippen LogP contribution is -2.52. The summed E-state index contributed by atoms with van der Waals surface area (Å²) in [5.74, 6) is -0.345. The van der Waals surface area contributed by atoms with Gasteiger partial charge in [-0.15, -0.1) is 0 Å². The Morgan fingerprint density at radius 3 is 2.33 bits per heavy atom. The Morgan fingerprint density at radius 1 is 0.905 bits per heavy atom. The highest BCUT2D eigenvalue weighted by Gasteiger charge is 2.32. The van der Waals surface area contributed by atoms with Crippen LogP contribution >= 0.6 is 11.6 Å². The predicted molar refractivity (Wildman–Crippen MR) is 169 cm³/mol. The molecule has 1 aliphatic rings. The van der Waals surface area contributed by atoms with Crippen LogP contribution in [0.5, 0.6) is 0 Å². The van der Waals surface area contributed by atoms with Gasteiger partial charge in [0.25, 0.3) is 5.91 Å². The van der Waals surface area contributed by atoms with E-state index in [1.807, 2.05) is 92.7 Å². The summed E-state index contributed by atoms with van der Waals surface area (Å²) in [6.45, 7) is 4.67. The second-order valence-electron chi connectivity index (χ2n) is 10.9. The molecule has 0 saturated heterocycles. The summed E-state index contributed by atoms with van der Waals surface area (Å²) >= 11 is 6.13. The summed E-state index contributed by atoms with van der Waals surface area (Å²) in [6.07, 6.45) is 1.85. The third-order valence-corrected chi connectivity index (χ3v) is 8.21. The molecule has 0 spiro atoms. The molecule has 0 bridgehead atoms. The van der Waals surface area contributed by atoms with Crippen LogP contribution in [0, 0.1) is 0 Å². The second-order valence-corrected chi connectivity index (χ2v) is 11.3. The molecule has 42 heavy (non-hydrogen) atoms. The Bertz CT molecular complexity index is 1570. The standard InChI is InChI=1S/C35H36ClN3O3/c1-3-24(2)37-34(41)31(22-25-10-5-4-6-11-25)39(23-26-17-19-28(36)20-18-26)32(40)16-9-21-38-30-15-8-13-27-12-7-14-29(33(27)30)35(38)42/h4-8,10-15,17-20,24,31H,3,9,16,21-23H2,1-2H3,(H,37,41)/t24-,31-/m0/s1. The van der Waals surface area contributed by atoms with E-state index in [0.29, 0.717) is 30.0 Å². The van der Waals surface area contributed by atoms with Crippen molar-refractivity contribution in [1.82, 2.24) is 10.2 Å². The first-order valence-corrected chi connectivity index (χ1v) is 14.9. The van der Waals surface area contributed by atoms with Crippen molar-refractivity contribution in [3.8, 4) is 0 Å². The zero-order chi connectivity index (χ0) is 29.6. The Morgan fingerprint density at radius 2 is 1.62 bits per heavy atom. The molecule has 5 rings (SSSR count). The van der Waals surface area contributed by atoms with Crippen molar-refractivity contribution >= 4 is 45.8 Å². The first-order valence-electron chi connectivity index (χ1n) is 14.6. The highest BCUT2D eigenvalue weighted by molar-refractivity contribution is 6.30. The molecular formula is C35H36ClN3O3. The molecule has 0 saturated carbocycles. The molecule has 7 heteroatoms. The Labute approximate surface area is 252 Å². The van der Waals surface area contributed by atoms with Crippen LogP contribution in [0.25, 0.3) is 10.8 Å². The van der Waals surface area contributed by atoms with E-state index in [-0.39, 0.29) is 36.7 Å². The smallest absolute Gasteiger partial charge is 0.258 e. The van der Waals surface area contributed by atoms with Crippen LogP contribution in [0.2, 0.25) is 5.02 Å². The van der Waals surface area contributed by atoms with Crippen LogP contribution in [0.1, 0.15) is 54.6 Å². The number of nitrogens with one attached hydrogen (secondary N) is 1. The van der Waals surface area contributed by atoms with E-state index < -0.39 is 6.04 Å². The van der Waals surface area contributed by atoms with Crippen molar-refractivity contribution in [1.29, 1.82) is 0 Å². The maximum Gasteiger partial charge on any atom is 0.258 e. The van der Waals surface area contributed by atoms with E-state index in [1.54, 1.807) is 21.9 Å². The molecule has 3 amide bonds. The quantitative estimate of drug-likeness (QED) is 0.200. The molecule has 1 N–H and O–H groups in total. The van der Waals surface area contributed by atoms with Gasteiger partial charge < -0.3 is 15.1 Å². The van der Waals surface area contributed by atoms with Crippen molar-refractivity contribution < 1.29 is 14.4 Å². The number of halogens is 1. The van der Waals surface area contributed by atoms with Gasteiger partial charge in [0.1, 0.15) is 6.04 Å². The highest BCUT2D eigenvalue weighted by Crippen LogP contribution is 2.37. The van der Waals surface area contributed by atoms with Crippen LogP contribution in [-0.4, -0.2) is 41.2 Å². The van der Waals surface area contributed by atoms with Crippen molar-refractivity contribution in [2.75, 3.05) is 11.4 Å². The van der Waals surface area contributed by atoms with Crippen LogP contribution in [-0.2, 0) is 22.6 Å². The monoisotopic (exact) mass is 581 g/mol. The normalized spacial score (nSPS) is 13.7. The maximum atomic E-state index is 14.0. The van der Waals surface area contributed by atoms with E-state index in [4.69, 9.17) is 11.6 Å². The van der Waals surface area contributed by atoms with Gasteiger partial charge in [-0.3, -0.25) is 14.4 Å². The van der Waals surface area contributed by atoms with Crippen LogP contribution in [0.4, 0.5) is 5.69 Å². The summed E-state index contributed by atoms with van der Waals surface area (Å²) in [5.41, 5.74) is 3.44. The topological polar surface area (TPSA) is 69.7 Å². The molecule has 2 atom stereocenters. The van der Waals surface area contributed by atoms with Gasteiger partial charge >= 0.3 is 0 Å². The van der Waals surface area contributed by atoms with E-state index >= 15 is 0 Å². The minimum absolute atomic E-state index is 0.0197. The fraction of sp³-hybridized carbons (Fsp3) is 0.286. The minimum Gasteiger partial charge on any atom is -0.352 e. The zero-order valence-corrected chi connectivity index (χ0v) is 24.8. The van der Waals surface area contributed by atoms with Crippen LogP contribution in [0.3, 0.4) is 0 Å². The second kappa shape index (κ2) is 13.2. The number of anilines is 1. The van der Waals surface area contributed by atoms with E-state index in [1.165, 1.54) is 0 Å². The summed E-state index contributed by atoms with van der Waals surface area (Å²) in [4.78, 5) is 44.4. The Kier molecular flexibility index (Phi) is 9.23. The molecule has 0 radical (unpaired) electrons. The third-order valence-electron chi connectivity index (χ3n) is 7.96. The zero-order valence-electron chi connectivity index (χ0n) is 24.1. The summed E-state index contributed by atoms with van der Waals surface area (Å²) in [5, 5.41) is 5.70. The van der Waals surface area contributed by atoms with Gasteiger partial charge in [-0.2, -0.15) is 0 Å². The van der Waals surface area contributed by atoms with Gasteiger partial charge in [-0.1, -0.05) is 85.3 Å². The number of benzene rings is 4. The van der Waals surface area contributed by atoms with Crippen molar-refractivity contribution in [3.05, 3.63) is 113 Å². The third kappa shape index (κ3) is 6.50. The summed E-state index contributed by atoms with van der Waals surface area (Å²) in [7, 11) is 0. The van der Waals surface area contributed by atoms with Gasteiger partial charge in [-0.25, -0.2) is 0 Å². The molecule has 0 fully saturated rings. The number of amides is 3. The van der Waals surface area contributed by atoms with Crippen molar-refractivity contribution in [3.63, 3.8) is 0 Å². The molecule has 4 aromatic rings. The van der Waals surface area contributed by atoms with E-state index in [0.717, 1.165) is 34.0 Å². The molecular weight excluding hydrogens is 546 g/mol. The van der Waals surface area contributed by atoms with Gasteiger partial charge in [0.2, 0.25) is 11.8 Å². The molecule has 0 aromatic heterocycles. The average molecular weight is 582 g/mol. The molecule has 0 unspecified atom stereocenters. The Hall–Kier alpha value is -4.16. The summed E-state index contributed by atoms with van der Waals surface area (Å²) in [6, 6.07) is 28.1. The lowest BCUT2D eigenvalue weighted by molar-refractivity contribution is -0.141. The number of carbonyl (C=O) groups excluding carboxylic acids is 3. The minimum atomic E-state index is -0.698. The fourth-order valence-corrected chi connectivity index (χ4v) is 5.64. The van der Waals surface area contributed by atoms with Gasteiger partial charge in [-0.05, 0) is 60.5 Å². The molecule has 6 nitrogen and oxygen atoms in total. The predicted octanol–water partition coefficient (Wildman–Crippen LogP) is 6.79. The van der Waals surface area contributed by atoms with E-state index in [9.17, 15) is 14.4 Å². The molecule has 1 aliphatic heterocycles. The molecule has 1 heterocycles. The lowest BCUT2D eigenvalue weighted by Gasteiger charge is -2.32. The fourth-order valence-electron chi connectivity index (χ4n) is 5.51. The molecule has 216 valence electrons.